The smallest absolute Gasteiger partial charge is 0.0322 e. The molecule has 23 valence electrons. The Labute approximate surface area is 36.6 Å². The molecule has 1 radical (unpaired) electrons. The Bertz CT molecular complexity index is 18.0. The lowest BCUT2D eigenvalue weighted by Gasteiger charge is -1.52. The van der Waals surface area contributed by atoms with E-state index in [1.54, 1.807) is 0 Å². The van der Waals surface area contributed by atoms with Gasteiger partial charge in [0.2, 0.25) is 0 Å². The highest BCUT2D eigenvalue weighted by atomic mass is 32.1. The molecule has 0 heterocycles. The number of hydrogen-bond acceptors (Lipinski definition) is 1. The van der Waals surface area contributed by atoms with Crippen LogP contribution in [0.1, 0.15) is 0 Å². The van der Waals surface area contributed by atoms with Gasteiger partial charge in [-0.2, -0.15) is 0 Å². The van der Waals surface area contributed by atoms with E-state index in [0.29, 0.717) is 5.75 Å². The Morgan fingerprint density at radius 1 is 1.75 bits per heavy atom. The fraction of sp³-hybridized carbons (Fsp3) is 0.500. The van der Waals surface area contributed by atoms with Crippen LogP contribution < -0.4 is 0 Å². The number of thiocarbonyl (C=S) groups is 1. The number of hydrogen-bond donors (Lipinski definition) is 0. The summed E-state index contributed by atoms with van der Waals surface area (Å²) in [6.45, 7) is 0. The predicted octanol–water partition coefficient (Wildman–Crippen LogP) is 1.18. The average Bonchev–Trinajstić information content (AvgIpc) is 1.37. The van der Waals surface area contributed by atoms with Gasteiger partial charge in [-0.05, 0) is 5.37 Å². The molecule has 0 spiro atoms. The summed E-state index contributed by atoms with van der Waals surface area (Å²) in [6, 6.07) is 0. The highest BCUT2D eigenvalue weighted by molar-refractivity contribution is 7.85. The summed E-state index contributed by atoms with van der Waals surface area (Å²) in [4.78, 5) is 0. The third kappa shape index (κ3) is 2.44. The Hall–Kier alpha value is 0.440. The summed E-state index contributed by atoms with van der Waals surface area (Å²) in [5.41, 5.74) is 0. The lowest BCUT2D eigenvalue weighted by Crippen LogP contribution is -1.58. The van der Waals surface area contributed by atoms with Gasteiger partial charge in [0.25, 0.3) is 0 Å². The van der Waals surface area contributed by atoms with E-state index in [2.05, 4.69) is 24.8 Å². The minimum absolute atomic E-state index is 0.593. The van der Waals surface area contributed by atoms with Crippen LogP contribution >= 0.6 is 24.8 Å². The molecule has 0 aliphatic rings. The highest BCUT2D eigenvalue weighted by Crippen LogP contribution is 1.60. The summed E-state index contributed by atoms with van der Waals surface area (Å²) in [7, 11) is 0. The molecular formula is C2H3S2. The van der Waals surface area contributed by atoms with Gasteiger partial charge in [0.05, 0.1) is 0 Å². The molecule has 2 heteroatoms. The second-order valence-corrected chi connectivity index (χ2v) is 1.00. The van der Waals surface area contributed by atoms with Gasteiger partial charge in [0.1, 0.15) is 0 Å². The summed E-state index contributed by atoms with van der Waals surface area (Å²) in [6.07, 6.45) is 0. The molecule has 0 unspecified atom stereocenters. The van der Waals surface area contributed by atoms with Crippen LogP contribution in [-0.4, -0.2) is 11.1 Å². The number of rotatable bonds is 1. The minimum Gasteiger partial charge on any atom is -0.0925 e. The largest absolute Gasteiger partial charge is 0.0925 e. The minimum atomic E-state index is 0.593. The lowest BCUT2D eigenvalue weighted by molar-refractivity contribution is 2.20. The van der Waals surface area contributed by atoms with Gasteiger partial charge in [0, 0.05) is 5.75 Å². The Morgan fingerprint density at radius 2 is 2.00 bits per heavy atom. The zero-order chi connectivity index (χ0) is 3.41. The van der Waals surface area contributed by atoms with Gasteiger partial charge in [0.15, 0.2) is 0 Å². The van der Waals surface area contributed by atoms with Gasteiger partial charge in [-0.25, -0.2) is 0 Å². The third-order valence-corrected chi connectivity index (χ3v) is 0.612. The first-order valence-electron chi connectivity index (χ1n) is 0.933. The molecule has 0 atom stereocenters. The van der Waals surface area contributed by atoms with Crippen molar-refractivity contribution in [2.24, 2.45) is 0 Å². The van der Waals surface area contributed by atoms with Crippen molar-refractivity contribution in [2.45, 2.75) is 0 Å². The fourth-order valence-electron chi connectivity index (χ4n) is 0. The molecule has 0 rings (SSSR count). The molecule has 0 aliphatic carbocycles. The van der Waals surface area contributed by atoms with Crippen LogP contribution in [0.25, 0.3) is 0 Å². The Balaban J connectivity index is 2.30. The van der Waals surface area contributed by atoms with Crippen molar-refractivity contribution in [3.8, 4) is 0 Å². The van der Waals surface area contributed by atoms with Crippen molar-refractivity contribution in [1.29, 1.82) is 0 Å². The highest BCUT2D eigenvalue weighted by Gasteiger charge is 1.50. The van der Waals surface area contributed by atoms with Crippen molar-refractivity contribution < 1.29 is 0 Å². The second kappa shape index (κ2) is 3.44. The molecule has 0 N–H and O–H groups in total. The first-order valence-corrected chi connectivity index (χ1v) is 1.98. The van der Waals surface area contributed by atoms with E-state index >= 15 is 0 Å². The zero-order valence-corrected chi connectivity index (χ0v) is 3.73. The molecule has 0 aromatic carbocycles. The summed E-state index contributed by atoms with van der Waals surface area (Å²) in [5, 5.41) is 1.52. The quantitative estimate of drug-likeness (QED) is 0.437. The maximum absolute atomic E-state index is 4.39. The Kier molecular flexibility index (Phi) is 3.82. The molecule has 0 bridgehead atoms. The first kappa shape index (κ1) is 4.44. The monoisotopic (exact) mass is 91.0 g/mol. The Morgan fingerprint density at radius 3 is 2.00 bits per heavy atom. The third-order valence-electron chi connectivity index (χ3n) is 0.0680. The van der Waals surface area contributed by atoms with Crippen molar-refractivity contribution in [3.05, 3.63) is 0 Å². The van der Waals surface area contributed by atoms with Crippen molar-refractivity contribution in [1.82, 2.24) is 0 Å². The van der Waals surface area contributed by atoms with E-state index in [1.165, 1.54) is 5.37 Å². The molecule has 0 saturated heterocycles. The van der Waals surface area contributed by atoms with E-state index in [-0.39, 0.29) is 0 Å². The average molecular weight is 91.2 g/mol. The molecule has 0 aromatic rings. The zero-order valence-electron chi connectivity index (χ0n) is 2.10. The predicted molar refractivity (Wildman–Crippen MR) is 26.1 cm³/mol. The van der Waals surface area contributed by atoms with E-state index in [9.17, 15) is 0 Å². The van der Waals surface area contributed by atoms with Gasteiger partial charge in [-0.3, -0.25) is 0 Å². The molecular weight excluding hydrogens is 88.2 g/mol. The maximum Gasteiger partial charge on any atom is 0.0322 e. The SMILES string of the molecule is [S]CC=S. The van der Waals surface area contributed by atoms with Crippen LogP contribution in [0.5, 0.6) is 0 Å². The molecule has 0 amide bonds. The van der Waals surface area contributed by atoms with E-state index in [4.69, 9.17) is 0 Å². The summed E-state index contributed by atoms with van der Waals surface area (Å²) in [5.74, 6) is 0.593. The molecule has 0 aliphatic heterocycles. The molecule has 0 saturated carbocycles. The summed E-state index contributed by atoms with van der Waals surface area (Å²) < 4.78 is 0. The van der Waals surface area contributed by atoms with Crippen LogP contribution in [0.15, 0.2) is 0 Å². The van der Waals surface area contributed by atoms with Crippen LogP contribution in [0.4, 0.5) is 0 Å². The van der Waals surface area contributed by atoms with E-state index in [1.807, 2.05) is 0 Å². The van der Waals surface area contributed by atoms with Crippen LogP contribution in [0.3, 0.4) is 0 Å². The second-order valence-electron chi connectivity index (χ2n) is 0.333. The van der Waals surface area contributed by atoms with Crippen molar-refractivity contribution >= 4 is 30.2 Å². The van der Waals surface area contributed by atoms with Gasteiger partial charge >= 0.3 is 0 Å². The van der Waals surface area contributed by atoms with E-state index < -0.39 is 0 Å². The first-order chi connectivity index (χ1) is 1.91. The van der Waals surface area contributed by atoms with Crippen molar-refractivity contribution in [3.63, 3.8) is 0 Å². The fourth-order valence-corrected chi connectivity index (χ4v) is 0. The topological polar surface area (TPSA) is 0 Å². The molecule has 0 nitrogen and oxygen atoms in total. The van der Waals surface area contributed by atoms with Crippen LogP contribution in [0.2, 0.25) is 0 Å². The van der Waals surface area contributed by atoms with Gasteiger partial charge in [-0.15, -0.1) is 0 Å². The van der Waals surface area contributed by atoms with Gasteiger partial charge < -0.3 is 0 Å². The summed E-state index contributed by atoms with van der Waals surface area (Å²) >= 11 is 8.72. The van der Waals surface area contributed by atoms with Crippen LogP contribution in [0, 0.1) is 0 Å². The van der Waals surface area contributed by atoms with E-state index in [0.717, 1.165) is 0 Å². The van der Waals surface area contributed by atoms with Crippen molar-refractivity contribution in [2.75, 3.05) is 5.75 Å². The van der Waals surface area contributed by atoms with Crippen LogP contribution in [-0.2, 0) is 0 Å². The normalized spacial score (nSPS) is 6.25. The standard InChI is InChI=1S/C2H3S2/c3-1-2-4/h1H,2H2. The van der Waals surface area contributed by atoms with Gasteiger partial charge in [-0.1, -0.05) is 24.8 Å². The molecule has 4 heavy (non-hydrogen) atoms. The maximum atomic E-state index is 4.39. The lowest BCUT2D eigenvalue weighted by atomic mass is 11.0. The molecule has 0 aromatic heterocycles. The molecule has 0 fully saturated rings.